The number of halogens is 1. The van der Waals surface area contributed by atoms with Crippen molar-refractivity contribution in [2.75, 3.05) is 14.2 Å². The van der Waals surface area contributed by atoms with E-state index >= 15 is 0 Å². The van der Waals surface area contributed by atoms with Gasteiger partial charge in [-0.05, 0) is 11.2 Å². The van der Waals surface area contributed by atoms with Gasteiger partial charge < -0.3 is 4.18 Å². The van der Waals surface area contributed by atoms with Crippen LogP contribution in [0.3, 0.4) is 0 Å². The quantitative estimate of drug-likeness (QED) is 0.518. The molecule has 0 spiro atoms. The second-order valence-corrected chi connectivity index (χ2v) is 9.01. The van der Waals surface area contributed by atoms with Gasteiger partial charge in [-0.25, -0.2) is 4.36 Å². The zero-order valence-electron chi connectivity index (χ0n) is 4.05. The van der Waals surface area contributed by atoms with Gasteiger partial charge in [-0.3, -0.25) is 0 Å². The van der Waals surface area contributed by atoms with Crippen LogP contribution in [-0.2, 0) is 21.2 Å². The number of nitrogens with zero attached hydrogens (tertiary/aromatic N) is 1. The summed E-state index contributed by atoms with van der Waals surface area (Å²) >= 11 is 6.84. The van der Waals surface area contributed by atoms with Crippen molar-refractivity contribution in [1.82, 2.24) is 0 Å². The van der Waals surface area contributed by atoms with Crippen LogP contribution in [0.15, 0.2) is 4.36 Å². The SMILES string of the molecule is CN=S(=S)(I)OC. The maximum absolute atomic E-state index is 4.83. The molecule has 5 heteroatoms. The van der Waals surface area contributed by atoms with Gasteiger partial charge in [0, 0.05) is 28.3 Å². The van der Waals surface area contributed by atoms with Crippen molar-refractivity contribution >= 4 is 38.2 Å². The van der Waals surface area contributed by atoms with Gasteiger partial charge in [0.1, 0.15) is 0 Å². The van der Waals surface area contributed by atoms with Gasteiger partial charge in [0.2, 0.25) is 0 Å². The molecule has 0 bridgehead atoms. The molecule has 0 fully saturated rings. The zero-order valence-corrected chi connectivity index (χ0v) is 7.84. The third-order valence-electron chi connectivity index (χ3n) is 0.424. The summed E-state index contributed by atoms with van der Waals surface area (Å²) in [5.41, 5.74) is 0. The van der Waals surface area contributed by atoms with Crippen LogP contribution in [0.4, 0.5) is 0 Å². The highest BCUT2D eigenvalue weighted by Crippen LogP contribution is 2.05. The van der Waals surface area contributed by atoms with E-state index in [1.165, 1.54) is 0 Å². The van der Waals surface area contributed by atoms with Crippen LogP contribution in [-0.4, -0.2) is 14.2 Å². The molecule has 0 saturated carbocycles. The van der Waals surface area contributed by atoms with E-state index in [0.29, 0.717) is 0 Å². The fourth-order valence-electron chi connectivity index (χ4n) is 0.0745. The first-order chi connectivity index (χ1) is 3.12. The molecule has 0 amide bonds. The monoisotopic (exact) mass is 251 g/mol. The van der Waals surface area contributed by atoms with Crippen molar-refractivity contribution < 1.29 is 4.18 Å². The fraction of sp³-hybridized carbons (Fsp3) is 1.00. The summed E-state index contributed by atoms with van der Waals surface area (Å²) in [6.45, 7) is 0. The Labute approximate surface area is 60.7 Å². The smallest absolute Gasteiger partial charge is 0.0918 e. The molecule has 0 aliphatic carbocycles. The van der Waals surface area contributed by atoms with Crippen LogP contribution in [0.1, 0.15) is 0 Å². The van der Waals surface area contributed by atoms with Crippen LogP contribution in [0.25, 0.3) is 0 Å². The lowest BCUT2D eigenvalue weighted by atomic mass is 11.6. The standard InChI is InChI=1S/C2H6INOS2/c1-4-7(3,6)5-2/h1-2H3. The van der Waals surface area contributed by atoms with E-state index in [1.54, 1.807) is 14.2 Å². The average molecular weight is 251 g/mol. The summed E-state index contributed by atoms with van der Waals surface area (Å²) in [6, 6.07) is 0. The number of hydrogen-bond acceptors (Lipinski definition) is 3. The molecule has 0 aromatic heterocycles. The minimum atomic E-state index is -1.48. The highest BCUT2D eigenvalue weighted by Gasteiger charge is 1.86. The Balaban J connectivity index is 4.17. The highest BCUT2D eigenvalue weighted by molar-refractivity contribution is 14.2. The topological polar surface area (TPSA) is 21.6 Å². The normalized spacial score (nSPS) is 18.1. The summed E-state index contributed by atoms with van der Waals surface area (Å²) in [6.07, 6.45) is 0. The Bertz CT molecular complexity index is 148. The zero-order chi connectivity index (χ0) is 5.91. The molecule has 1 atom stereocenters. The van der Waals surface area contributed by atoms with E-state index < -0.39 is 5.84 Å². The van der Waals surface area contributed by atoms with Crippen molar-refractivity contribution in [3.05, 3.63) is 0 Å². The molecule has 0 saturated heterocycles. The lowest BCUT2D eigenvalue weighted by Gasteiger charge is -1.95. The average Bonchev–Trinajstić information content (AvgIpc) is 1.68. The van der Waals surface area contributed by atoms with Crippen molar-refractivity contribution in [2.24, 2.45) is 4.36 Å². The van der Waals surface area contributed by atoms with Crippen LogP contribution < -0.4 is 0 Å². The van der Waals surface area contributed by atoms with E-state index in [9.17, 15) is 0 Å². The van der Waals surface area contributed by atoms with Crippen molar-refractivity contribution in [1.29, 1.82) is 0 Å². The maximum Gasteiger partial charge on any atom is 0.0918 e. The molecule has 0 aliphatic heterocycles. The molecule has 7 heavy (non-hydrogen) atoms. The molecule has 2 nitrogen and oxygen atoms in total. The second kappa shape index (κ2) is 3.16. The van der Waals surface area contributed by atoms with Crippen molar-refractivity contribution in [2.45, 2.75) is 0 Å². The Kier molecular flexibility index (Phi) is 3.64. The maximum atomic E-state index is 4.83. The Morgan fingerprint density at radius 2 is 2.29 bits per heavy atom. The Hall–Kier alpha value is 1.06. The molecule has 0 aromatic carbocycles. The molecule has 0 aromatic rings. The summed E-state index contributed by atoms with van der Waals surface area (Å²) in [7, 11) is 3.24. The van der Waals surface area contributed by atoms with Crippen LogP contribution in [0.5, 0.6) is 0 Å². The molecule has 1 unspecified atom stereocenters. The Morgan fingerprint density at radius 3 is 2.29 bits per heavy atom. The number of rotatable bonds is 1. The van der Waals surface area contributed by atoms with Crippen LogP contribution in [0, 0.1) is 0 Å². The summed E-state index contributed by atoms with van der Waals surface area (Å²) in [5.74, 6) is -1.48. The molecule has 0 radical (unpaired) electrons. The summed E-state index contributed by atoms with van der Waals surface area (Å²) < 4.78 is 8.61. The van der Waals surface area contributed by atoms with Crippen molar-refractivity contribution in [3.8, 4) is 0 Å². The van der Waals surface area contributed by atoms with Crippen LogP contribution in [0.2, 0.25) is 0 Å². The second-order valence-electron chi connectivity index (χ2n) is 0.761. The fourth-order valence-corrected chi connectivity index (χ4v) is 0.224. The largest absolute Gasteiger partial charge is 0.301 e. The first-order valence-electron chi connectivity index (χ1n) is 1.53. The van der Waals surface area contributed by atoms with E-state index in [1.807, 2.05) is 21.2 Å². The molecule has 0 aliphatic rings. The molecular weight excluding hydrogens is 245 g/mol. The summed E-state index contributed by atoms with van der Waals surface area (Å²) in [5, 5.41) is 0. The third kappa shape index (κ3) is 3.63. The van der Waals surface area contributed by atoms with Crippen molar-refractivity contribution in [3.63, 3.8) is 0 Å². The lowest BCUT2D eigenvalue weighted by Crippen LogP contribution is -1.85. The van der Waals surface area contributed by atoms with E-state index in [-0.39, 0.29) is 0 Å². The first kappa shape index (κ1) is 8.06. The molecule has 44 valence electrons. The predicted molar refractivity (Wildman–Crippen MR) is 44.1 cm³/mol. The van der Waals surface area contributed by atoms with Gasteiger partial charge in [0.15, 0.2) is 0 Å². The third-order valence-corrected chi connectivity index (χ3v) is 4.39. The first-order valence-corrected chi connectivity index (χ1v) is 6.51. The van der Waals surface area contributed by atoms with E-state index in [0.717, 1.165) is 0 Å². The van der Waals surface area contributed by atoms with Gasteiger partial charge in [-0.15, -0.1) is 0 Å². The lowest BCUT2D eigenvalue weighted by molar-refractivity contribution is 0.488. The van der Waals surface area contributed by atoms with E-state index in [4.69, 9.17) is 15.4 Å². The van der Waals surface area contributed by atoms with Crippen LogP contribution >= 0.6 is 21.2 Å². The predicted octanol–water partition coefficient (Wildman–Crippen LogP) is 1.33. The summed E-state index contributed by atoms with van der Waals surface area (Å²) in [4.78, 5) is 0. The number of hydrogen-bond donors (Lipinski definition) is 0. The van der Waals surface area contributed by atoms with Gasteiger partial charge in [-0.1, -0.05) is 0 Å². The van der Waals surface area contributed by atoms with Gasteiger partial charge in [0.05, 0.1) is 12.9 Å². The molecule has 0 N–H and O–H groups in total. The van der Waals surface area contributed by atoms with Gasteiger partial charge >= 0.3 is 0 Å². The Morgan fingerprint density at radius 1 is 1.86 bits per heavy atom. The molecular formula is C2H6INOS2. The highest BCUT2D eigenvalue weighted by atomic mass is 127. The van der Waals surface area contributed by atoms with Gasteiger partial charge in [-0.2, -0.15) is 0 Å². The van der Waals surface area contributed by atoms with E-state index in [2.05, 4.69) is 4.36 Å². The minimum Gasteiger partial charge on any atom is -0.301 e. The van der Waals surface area contributed by atoms with Gasteiger partial charge in [0.25, 0.3) is 0 Å². The molecule has 0 rings (SSSR count). The minimum absolute atomic E-state index is 1.48. The molecule has 0 heterocycles.